The number of hydrogen-bond acceptors (Lipinski definition) is 2. The largest absolute Gasteiger partial charge is 0.298 e. The van der Waals surface area contributed by atoms with Crippen molar-refractivity contribution >= 4 is 62.3 Å². The average molecular weight is 350 g/mol. The molecule has 92 valence electrons. The van der Waals surface area contributed by atoms with Crippen molar-refractivity contribution in [1.82, 2.24) is 0 Å². The molecule has 2 unspecified atom stereocenters. The zero-order chi connectivity index (χ0) is 12.3. The Labute approximate surface area is 118 Å². The van der Waals surface area contributed by atoms with Crippen molar-refractivity contribution in [1.29, 1.82) is 0 Å². The number of rotatable bonds is 1. The summed E-state index contributed by atoms with van der Waals surface area (Å²) in [4.78, 5) is 23.4. The van der Waals surface area contributed by atoms with Crippen LogP contribution in [0.1, 0.15) is 32.1 Å². The zero-order valence-corrected chi connectivity index (χ0v) is 12.4. The van der Waals surface area contributed by atoms with Gasteiger partial charge in [0.15, 0.2) is 11.6 Å². The van der Waals surface area contributed by atoms with Gasteiger partial charge in [0.2, 0.25) is 3.79 Å². The Hall–Kier alpha value is 0.690. The molecule has 0 aromatic carbocycles. The fourth-order valence-electron chi connectivity index (χ4n) is 1.81. The molecule has 0 aliphatic heterocycles. The van der Waals surface area contributed by atoms with E-state index in [0.717, 1.165) is 25.7 Å². The molecule has 1 aliphatic carbocycles. The zero-order valence-electron chi connectivity index (χ0n) is 8.52. The Bertz CT molecular complexity index is 288. The van der Waals surface area contributed by atoms with E-state index in [4.69, 9.17) is 34.8 Å². The third-order valence-corrected chi connectivity index (χ3v) is 4.17. The maximum atomic E-state index is 11.9. The Morgan fingerprint density at radius 2 is 1.75 bits per heavy atom. The summed E-state index contributed by atoms with van der Waals surface area (Å²) in [6.07, 6.45) is 4.02. The predicted octanol–water partition coefficient (Wildman–Crippen LogP) is 3.84. The van der Waals surface area contributed by atoms with E-state index in [1.165, 1.54) is 0 Å². The van der Waals surface area contributed by atoms with Gasteiger partial charge in [-0.3, -0.25) is 9.59 Å². The van der Waals surface area contributed by atoms with Gasteiger partial charge < -0.3 is 0 Å². The second-order valence-electron chi connectivity index (χ2n) is 3.92. The standard InChI is InChI=1S/C10H12BrCl3O2/c11-7-5-3-1-2-4-6(8(7)15)9(16)10(12,13)14/h6-7H,1-5H2. The highest BCUT2D eigenvalue weighted by Gasteiger charge is 2.41. The van der Waals surface area contributed by atoms with Crippen LogP contribution in [0.15, 0.2) is 0 Å². The van der Waals surface area contributed by atoms with Crippen LogP contribution in [0.2, 0.25) is 0 Å². The lowest BCUT2D eigenvalue weighted by atomic mass is 9.87. The van der Waals surface area contributed by atoms with Crippen molar-refractivity contribution in [3.05, 3.63) is 0 Å². The van der Waals surface area contributed by atoms with Crippen molar-refractivity contribution in [2.75, 3.05) is 0 Å². The van der Waals surface area contributed by atoms with Gasteiger partial charge in [-0.1, -0.05) is 70.0 Å². The molecule has 0 aromatic heterocycles. The number of halogens is 4. The molecule has 0 bridgehead atoms. The lowest BCUT2D eigenvalue weighted by molar-refractivity contribution is -0.132. The van der Waals surface area contributed by atoms with E-state index >= 15 is 0 Å². The minimum absolute atomic E-state index is 0.156. The summed E-state index contributed by atoms with van der Waals surface area (Å²) < 4.78 is -1.99. The van der Waals surface area contributed by atoms with E-state index in [2.05, 4.69) is 15.9 Å². The van der Waals surface area contributed by atoms with Gasteiger partial charge in [0, 0.05) is 0 Å². The topological polar surface area (TPSA) is 34.1 Å². The summed E-state index contributed by atoms with van der Waals surface area (Å²) in [6.45, 7) is 0. The van der Waals surface area contributed by atoms with Crippen LogP contribution < -0.4 is 0 Å². The maximum absolute atomic E-state index is 11.9. The lowest BCUT2D eigenvalue weighted by Gasteiger charge is -2.23. The fourth-order valence-corrected chi connectivity index (χ4v) is 2.85. The van der Waals surface area contributed by atoms with Gasteiger partial charge in [-0.2, -0.15) is 0 Å². The van der Waals surface area contributed by atoms with E-state index in [1.54, 1.807) is 0 Å². The molecule has 1 rings (SSSR count). The Morgan fingerprint density at radius 3 is 2.31 bits per heavy atom. The molecule has 1 saturated carbocycles. The van der Waals surface area contributed by atoms with Gasteiger partial charge in [0.25, 0.3) is 0 Å². The van der Waals surface area contributed by atoms with Gasteiger partial charge in [-0.05, 0) is 12.8 Å². The molecule has 2 nitrogen and oxygen atoms in total. The number of carbonyl (C=O) groups is 2. The van der Waals surface area contributed by atoms with Crippen LogP contribution in [0, 0.1) is 5.92 Å². The van der Waals surface area contributed by atoms with Crippen molar-refractivity contribution in [2.45, 2.75) is 40.7 Å². The molecule has 6 heteroatoms. The van der Waals surface area contributed by atoms with Crippen molar-refractivity contribution in [3.63, 3.8) is 0 Å². The molecular weight excluding hydrogens is 338 g/mol. The summed E-state index contributed by atoms with van der Waals surface area (Å²) in [5.41, 5.74) is 0. The van der Waals surface area contributed by atoms with Crippen LogP contribution in [-0.2, 0) is 9.59 Å². The second-order valence-corrected chi connectivity index (χ2v) is 7.31. The Balaban J connectivity index is 2.82. The summed E-state index contributed by atoms with van der Waals surface area (Å²) in [6, 6.07) is 0. The lowest BCUT2D eigenvalue weighted by Crippen LogP contribution is -2.37. The van der Waals surface area contributed by atoms with E-state index in [0.29, 0.717) is 6.42 Å². The summed E-state index contributed by atoms with van der Waals surface area (Å²) >= 11 is 19.9. The quantitative estimate of drug-likeness (QED) is 0.532. The molecule has 16 heavy (non-hydrogen) atoms. The molecule has 0 spiro atoms. The molecule has 0 amide bonds. The highest BCUT2D eigenvalue weighted by Crippen LogP contribution is 2.34. The first-order valence-corrected chi connectivity index (χ1v) is 7.18. The molecule has 1 fully saturated rings. The van der Waals surface area contributed by atoms with Crippen LogP contribution in [0.5, 0.6) is 0 Å². The minimum Gasteiger partial charge on any atom is -0.298 e. The fraction of sp³-hybridized carbons (Fsp3) is 0.800. The third-order valence-electron chi connectivity index (χ3n) is 2.70. The first-order chi connectivity index (χ1) is 7.34. The monoisotopic (exact) mass is 348 g/mol. The van der Waals surface area contributed by atoms with Gasteiger partial charge in [0.1, 0.15) is 0 Å². The molecule has 0 N–H and O–H groups in total. The van der Waals surface area contributed by atoms with E-state index < -0.39 is 15.5 Å². The number of alkyl halides is 4. The van der Waals surface area contributed by atoms with Gasteiger partial charge in [-0.15, -0.1) is 0 Å². The van der Waals surface area contributed by atoms with Crippen LogP contribution >= 0.6 is 50.7 Å². The number of carbonyl (C=O) groups excluding carboxylic acids is 2. The highest BCUT2D eigenvalue weighted by molar-refractivity contribution is 9.10. The summed E-state index contributed by atoms with van der Waals surface area (Å²) in [5, 5.41) is 0. The summed E-state index contributed by atoms with van der Waals surface area (Å²) in [5.74, 6) is -1.54. The van der Waals surface area contributed by atoms with E-state index in [9.17, 15) is 9.59 Å². The van der Waals surface area contributed by atoms with Crippen molar-refractivity contribution < 1.29 is 9.59 Å². The summed E-state index contributed by atoms with van der Waals surface area (Å²) in [7, 11) is 0. The third kappa shape index (κ3) is 3.86. The number of Topliss-reactive ketones (excluding diaryl/α,β-unsaturated/α-hetero) is 2. The second kappa shape index (κ2) is 6.03. The van der Waals surface area contributed by atoms with E-state index in [1.807, 2.05) is 0 Å². The van der Waals surface area contributed by atoms with Crippen LogP contribution in [0.3, 0.4) is 0 Å². The first kappa shape index (κ1) is 14.7. The van der Waals surface area contributed by atoms with Crippen LogP contribution in [-0.4, -0.2) is 20.2 Å². The Kier molecular flexibility index (Phi) is 5.56. The van der Waals surface area contributed by atoms with Crippen molar-refractivity contribution in [2.24, 2.45) is 5.92 Å². The molecule has 0 radical (unpaired) electrons. The normalized spacial score (nSPS) is 28.4. The SMILES string of the molecule is O=C1C(Br)CCCCCC1C(=O)C(Cl)(Cl)Cl. The smallest absolute Gasteiger partial charge is 0.249 e. The van der Waals surface area contributed by atoms with Gasteiger partial charge in [-0.25, -0.2) is 0 Å². The molecule has 0 saturated heterocycles. The predicted molar refractivity (Wildman–Crippen MR) is 69.6 cm³/mol. The molecule has 0 heterocycles. The average Bonchev–Trinajstić information content (AvgIpc) is 2.17. The van der Waals surface area contributed by atoms with Crippen LogP contribution in [0.4, 0.5) is 0 Å². The first-order valence-electron chi connectivity index (χ1n) is 5.13. The minimum atomic E-state index is -1.99. The maximum Gasteiger partial charge on any atom is 0.249 e. The molecule has 1 aliphatic rings. The molecule has 2 atom stereocenters. The molecular formula is C10H12BrCl3O2. The van der Waals surface area contributed by atoms with Crippen molar-refractivity contribution in [3.8, 4) is 0 Å². The number of ketones is 2. The van der Waals surface area contributed by atoms with Gasteiger partial charge in [0.05, 0.1) is 10.7 Å². The highest BCUT2D eigenvalue weighted by atomic mass is 79.9. The molecule has 0 aromatic rings. The Morgan fingerprint density at radius 1 is 1.19 bits per heavy atom. The van der Waals surface area contributed by atoms with Gasteiger partial charge >= 0.3 is 0 Å². The van der Waals surface area contributed by atoms with E-state index in [-0.39, 0.29) is 10.6 Å². The number of hydrogen-bond donors (Lipinski definition) is 0. The van der Waals surface area contributed by atoms with Crippen LogP contribution in [0.25, 0.3) is 0 Å².